The van der Waals surface area contributed by atoms with Crippen molar-refractivity contribution >= 4 is 18.6 Å². The van der Waals surface area contributed by atoms with Gasteiger partial charge in [0, 0.05) is 29.8 Å². The molecule has 1 saturated heterocycles. The van der Waals surface area contributed by atoms with Crippen molar-refractivity contribution in [2.24, 2.45) is 16.8 Å². The van der Waals surface area contributed by atoms with Gasteiger partial charge in [0.25, 0.3) is 0 Å². The fraction of sp³-hybridized carbons (Fsp3) is 0.381. The number of nitrogens with one attached hydrogen (secondary N) is 2. The zero-order chi connectivity index (χ0) is 25.4. The molecule has 2 aromatic rings. The summed E-state index contributed by atoms with van der Waals surface area (Å²) in [5.41, 5.74) is -2.40. The third-order valence-corrected chi connectivity index (χ3v) is 5.39. The van der Waals surface area contributed by atoms with Crippen molar-refractivity contribution in [3.8, 4) is 11.5 Å². The van der Waals surface area contributed by atoms with E-state index in [1.807, 2.05) is 0 Å². The lowest BCUT2D eigenvalue weighted by atomic mass is 10.2. The third-order valence-electron chi connectivity index (χ3n) is 5.39. The van der Waals surface area contributed by atoms with Crippen LogP contribution in [0.4, 0.5) is 38.2 Å². The van der Waals surface area contributed by atoms with Crippen LogP contribution in [0.3, 0.4) is 0 Å². The Bertz CT molecular complexity index is 1170. The Hall–Kier alpha value is -3.55. The molecule has 186 valence electrons. The monoisotopic (exact) mass is 499 g/mol. The normalized spacial score (nSPS) is 22.5. The Morgan fingerprint density at radius 2 is 1.74 bits per heavy atom. The summed E-state index contributed by atoms with van der Waals surface area (Å²) in [6.07, 6.45) is -8.04. The van der Waals surface area contributed by atoms with Crippen molar-refractivity contribution in [3.05, 3.63) is 47.4 Å². The molecule has 4 rings (SSSR count). The van der Waals surface area contributed by atoms with Gasteiger partial charge in [0.1, 0.15) is 11.4 Å². The number of nitrogens with zero attached hydrogens (tertiary/aromatic N) is 5. The van der Waals surface area contributed by atoms with Gasteiger partial charge in [-0.05, 0) is 31.9 Å². The van der Waals surface area contributed by atoms with E-state index in [-0.39, 0.29) is 47.0 Å². The van der Waals surface area contributed by atoms with E-state index in [1.165, 1.54) is 13.0 Å². The van der Waals surface area contributed by atoms with Crippen LogP contribution >= 0.6 is 0 Å². The molecule has 35 heavy (non-hydrogen) atoms. The van der Waals surface area contributed by atoms with Crippen molar-refractivity contribution < 1.29 is 31.1 Å². The Balaban J connectivity index is 1.67. The number of halogens is 6. The fourth-order valence-electron chi connectivity index (χ4n) is 3.67. The molecule has 2 N–H and O–H groups in total. The molecule has 2 atom stereocenters. The van der Waals surface area contributed by atoms with Crippen molar-refractivity contribution in [2.45, 2.75) is 25.3 Å². The molecule has 2 fully saturated rings. The molecule has 3 heterocycles. The predicted octanol–water partition coefficient (Wildman–Crippen LogP) is 4.47. The second-order valence-electron chi connectivity index (χ2n) is 7.96. The molecule has 8 nitrogen and oxygen atoms in total. The maximum Gasteiger partial charge on any atom is 0.433 e. The van der Waals surface area contributed by atoms with Crippen LogP contribution < -0.4 is 10.6 Å². The molecule has 2 aliphatic rings. The Labute approximate surface area is 195 Å². The summed E-state index contributed by atoms with van der Waals surface area (Å²) in [5.74, 6) is 0.186. The topological polar surface area (TPSA) is 97.2 Å². The molecule has 14 heteroatoms. The van der Waals surface area contributed by atoms with Crippen LogP contribution in [-0.4, -0.2) is 52.1 Å². The van der Waals surface area contributed by atoms with Gasteiger partial charge in [-0.15, -0.1) is 0 Å². The summed E-state index contributed by atoms with van der Waals surface area (Å²) >= 11 is 0. The molecule has 1 aliphatic heterocycles. The number of allylic oxidation sites excluding steroid dienone is 3. The highest BCUT2D eigenvalue weighted by Crippen LogP contribution is 2.45. The quantitative estimate of drug-likeness (QED) is 0.330. The maximum atomic E-state index is 13.2. The minimum absolute atomic E-state index is 0.00554. The first kappa shape index (κ1) is 24.6. The number of alkyl halides is 6. The number of aliphatic imine (C=N–C) groups is 1. The third kappa shape index (κ3) is 5.75. The van der Waals surface area contributed by atoms with Crippen LogP contribution in [0.25, 0.3) is 11.5 Å². The maximum absolute atomic E-state index is 13.2. The summed E-state index contributed by atoms with van der Waals surface area (Å²) in [7, 11) is 0. The first-order valence-electron chi connectivity index (χ1n) is 10.3. The van der Waals surface area contributed by atoms with Gasteiger partial charge in [0.2, 0.25) is 11.9 Å². The summed E-state index contributed by atoms with van der Waals surface area (Å²) in [4.78, 5) is 19.2. The van der Waals surface area contributed by atoms with E-state index in [9.17, 15) is 26.3 Å². The molecule has 2 unspecified atom stereocenters. The van der Waals surface area contributed by atoms with Crippen molar-refractivity contribution in [1.29, 1.82) is 0 Å². The molecule has 1 aliphatic carbocycles. The minimum Gasteiger partial charge on any atom is -0.381 e. The van der Waals surface area contributed by atoms with E-state index in [1.54, 1.807) is 0 Å². The van der Waals surface area contributed by atoms with E-state index >= 15 is 0 Å². The highest BCUT2D eigenvalue weighted by atomic mass is 19.4. The SMILES string of the molecule is C=N/C=C(\C=C(/C)Nc1nc(NC2C3COCC32)nc(-c2cccc(C(F)(F)F)n2)n1)C(F)(F)F. The summed E-state index contributed by atoms with van der Waals surface area (Å²) in [6.45, 7) is 5.49. The minimum atomic E-state index is -4.69. The molecule has 0 aromatic carbocycles. The number of pyridine rings is 1. The van der Waals surface area contributed by atoms with Gasteiger partial charge in [-0.1, -0.05) is 6.07 Å². The first-order chi connectivity index (χ1) is 16.5. The zero-order valence-electron chi connectivity index (χ0n) is 18.2. The van der Waals surface area contributed by atoms with Crippen molar-refractivity contribution in [3.63, 3.8) is 0 Å². The van der Waals surface area contributed by atoms with E-state index in [0.29, 0.717) is 19.4 Å². The van der Waals surface area contributed by atoms with Crippen LogP contribution in [0.2, 0.25) is 0 Å². The lowest BCUT2D eigenvalue weighted by Crippen LogP contribution is -2.17. The van der Waals surface area contributed by atoms with Crippen LogP contribution in [0.5, 0.6) is 0 Å². The van der Waals surface area contributed by atoms with Gasteiger partial charge in [0.05, 0.1) is 18.8 Å². The van der Waals surface area contributed by atoms with Gasteiger partial charge in [-0.2, -0.15) is 41.3 Å². The Morgan fingerprint density at radius 1 is 1.06 bits per heavy atom. The number of hydrogen-bond donors (Lipinski definition) is 2. The van der Waals surface area contributed by atoms with Gasteiger partial charge >= 0.3 is 12.4 Å². The van der Waals surface area contributed by atoms with Crippen LogP contribution in [0, 0.1) is 11.8 Å². The van der Waals surface area contributed by atoms with E-state index in [4.69, 9.17) is 4.74 Å². The molecule has 2 aromatic heterocycles. The van der Waals surface area contributed by atoms with E-state index in [0.717, 1.165) is 18.2 Å². The molecule has 0 spiro atoms. The molecular formula is C21H19F6N7O. The molecule has 1 saturated carbocycles. The van der Waals surface area contributed by atoms with E-state index < -0.39 is 23.6 Å². The fourth-order valence-corrected chi connectivity index (χ4v) is 3.67. The standard InChI is InChI=1S/C21H19F6N7O/c1-10(6-11(7-28-2)20(22,23)24)29-18-32-17(14-4-3-5-15(30-14)21(25,26)27)33-19(34-18)31-16-12-8-35-9-13(12)16/h3-7,12-13,16H,2,8-9H2,1H3,(H2,29,31,32,33,34)/b10-6+,11-7+. The van der Waals surface area contributed by atoms with Gasteiger partial charge in [-0.25, -0.2) is 4.98 Å². The number of fused-ring (bicyclic) bond motifs is 1. The molecule has 0 bridgehead atoms. The number of rotatable bonds is 7. The second-order valence-corrected chi connectivity index (χ2v) is 7.96. The van der Waals surface area contributed by atoms with Crippen molar-refractivity contribution in [2.75, 3.05) is 23.8 Å². The Kier molecular flexibility index (Phi) is 6.49. The number of ether oxygens (including phenoxy) is 1. The second kappa shape index (κ2) is 9.24. The smallest absolute Gasteiger partial charge is 0.381 e. The highest BCUT2D eigenvalue weighted by Gasteiger charge is 2.54. The average Bonchev–Trinajstić information content (AvgIpc) is 3.17. The van der Waals surface area contributed by atoms with E-state index in [2.05, 4.69) is 42.3 Å². The van der Waals surface area contributed by atoms with Crippen molar-refractivity contribution in [1.82, 2.24) is 19.9 Å². The average molecular weight is 499 g/mol. The lowest BCUT2D eigenvalue weighted by Gasteiger charge is -2.13. The largest absolute Gasteiger partial charge is 0.433 e. The summed E-state index contributed by atoms with van der Waals surface area (Å²) < 4.78 is 84.2. The van der Waals surface area contributed by atoms with Crippen LogP contribution in [0.1, 0.15) is 12.6 Å². The van der Waals surface area contributed by atoms with Gasteiger partial charge in [-0.3, -0.25) is 4.99 Å². The van der Waals surface area contributed by atoms with Crippen LogP contribution in [0.15, 0.2) is 46.7 Å². The predicted molar refractivity (Wildman–Crippen MR) is 114 cm³/mol. The van der Waals surface area contributed by atoms with Gasteiger partial charge in [0.15, 0.2) is 5.82 Å². The zero-order valence-corrected chi connectivity index (χ0v) is 18.2. The Morgan fingerprint density at radius 3 is 2.37 bits per heavy atom. The molecule has 0 amide bonds. The number of anilines is 2. The van der Waals surface area contributed by atoms with Gasteiger partial charge < -0.3 is 15.4 Å². The van der Waals surface area contributed by atoms with Crippen LogP contribution in [-0.2, 0) is 10.9 Å². The first-order valence-corrected chi connectivity index (χ1v) is 10.3. The summed E-state index contributed by atoms with van der Waals surface area (Å²) in [5, 5.41) is 5.73. The number of aromatic nitrogens is 4. The number of hydrogen-bond acceptors (Lipinski definition) is 8. The molecular weight excluding hydrogens is 480 g/mol. The summed E-state index contributed by atoms with van der Waals surface area (Å²) in [6, 6.07) is 3.27. The highest BCUT2D eigenvalue weighted by molar-refractivity contribution is 5.55. The lowest BCUT2D eigenvalue weighted by molar-refractivity contribution is -0.141. The molecule has 0 radical (unpaired) electrons.